The van der Waals surface area contributed by atoms with Gasteiger partial charge in [-0.05, 0) is 42.7 Å². The number of rotatable bonds is 3. The lowest BCUT2D eigenvalue weighted by Gasteiger charge is -2.29. The fraction of sp³-hybridized carbons (Fsp3) is 0.625. The molecule has 0 fully saturated rings. The molecule has 1 heteroatoms. The molecule has 1 aromatic rings. The van der Waals surface area contributed by atoms with Crippen LogP contribution < -0.4 is 0 Å². The second-order valence-electron chi connectivity index (χ2n) is 6.33. The number of hydrogen-bond acceptors (Lipinski definition) is 0. The second-order valence-corrected chi connectivity index (χ2v) is 6.86. The molecule has 0 nitrogen and oxygen atoms in total. The van der Waals surface area contributed by atoms with Crippen molar-refractivity contribution >= 4 is 11.6 Å². The Morgan fingerprint density at radius 1 is 1.18 bits per heavy atom. The van der Waals surface area contributed by atoms with Gasteiger partial charge in [0.1, 0.15) is 0 Å². The van der Waals surface area contributed by atoms with Gasteiger partial charge in [0, 0.05) is 0 Å². The maximum absolute atomic E-state index is 6.58. The molecule has 0 saturated heterocycles. The third-order valence-electron chi connectivity index (χ3n) is 3.81. The highest BCUT2D eigenvalue weighted by Crippen LogP contribution is 2.37. The summed E-state index contributed by atoms with van der Waals surface area (Å²) in [5.41, 5.74) is 4.21. The van der Waals surface area contributed by atoms with Crippen molar-refractivity contribution in [3.63, 3.8) is 0 Å². The van der Waals surface area contributed by atoms with Gasteiger partial charge in [-0.1, -0.05) is 51.5 Å². The van der Waals surface area contributed by atoms with E-state index in [-0.39, 0.29) is 5.38 Å². The minimum atomic E-state index is 0.129. The Balaban J connectivity index is 2.83. The Morgan fingerprint density at radius 2 is 1.76 bits per heavy atom. The molecule has 2 unspecified atom stereocenters. The zero-order valence-electron chi connectivity index (χ0n) is 12.0. The molecule has 0 spiro atoms. The molecular weight excluding hydrogens is 228 g/mol. The Morgan fingerprint density at radius 3 is 2.29 bits per heavy atom. The predicted molar refractivity (Wildman–Crippen MR) is 77.7 cm³/mol. The van der Waals surface area contributed by atoms with Crippen LogP contribution in [0.1, 0.15) is 56.2 Å². The monoisotopic (exact) mass is 252 g/mol. The van der Waals surface area contributed by atoms with Crippen molar-refractivity contribution in [1.29, 1.82) is 0 Å². The molecule has 0 bridgehead atoms. The summed E-state index contributed by atoms with van der Waals surface area (Å²) in [5.74, 6) is 0.616. The molecular formula is C16H25Cl. The fourth-order valence-electron chi connectivity index (χ4n) is 1.89. The van der Waals surface area contributed by atoms with Gasteiger partial charge in [-0.15, -0.1) is 11.6 Å². The van der Waals surface area contributed by atoms with E-state index >= 15 is 0 Å². The highest BCUT2D eigenvalue weighted by Gasteiger charge is 2.24. The molecule has 0 aliphatic heterocycles. The van der Waals surface area contributed by atoms with Crippen molar-refractivity contribution in [2.45, 2.75) is 53.3 Å². The normalized spacial score (nSPS) is 15.7. The van der Waals surface area contributed by atoms with Crippen molar-refractivity contribution in [3.05, 3.63) is 34.9 Å². The smallest absolute Gasteiger partial charge is 0.0590 e. The molecule has 0 aromatic heterocycles. The summed E-state index contributed by atoms with van der Waals surface area (Å²) < 4.78 is 0. The van der Waals surface area contributed by atoms with Crippen LogP contribution in [0.4, 0.5) is 0 Å². The lowest BCUT2D eigenvalue weighted by atomic mass is 9.78. The van der Waals surface area contributed by atoms with Gasteiger partial charge in [-0.3, -0.25) is 0 Å². The van der Waals surface area contributed by atoms with E-state index in [1.165, 1.54) is 16.7 Å². The minimum Gasteiger partial charge on any atom is -0.118 e. The number of benzene rings is 1. The largest absolute Gasteiger partial charge is 0.118 e. The molecule has 96 valence electrons. The van der Waals surface area contributed by atoms with E-state index in [1.807, 2.05) is 0 Å². The van der Waals surface area contributed by atoms with E-state index in [0.29, 0.717) is 11.3 Å². The maximum Gasteiger partial charge on any atom is 0.0590 e. The Bertz CT molecular complexity index is 374. The van der Waals surface area contributed by atoms with Crippen molar-refractivity contribution in [2.24, 2.45) is 11.3 Å². The zero-order valence-corrected chi connectivity index (χ0v) is 12.7. The van der Waals surface area contributed by atoms with Crippen LogP contribution >= 0.6 is 11.6 Å². The van der Waals surface area contributed by atoms with Gasteiger partial charge in [0.15, 0.2) is 0 Å². The van der Waals surface area contributed by atoms with E-state index in [0.717, 1.165) is 6.42 Å². The molecule has 0 heterocycles. The molecule has 0 amide bonds. The maximum atomic E-state index is 6.58. The third-order valence-corrected chi connectivity index (χ3v) is 4.22. The first kappa shape index (κ1) is 14.6. The highest BCUT2D eigenvalue weighted by molar-refractivity contribution is 6.20. The van der Waals surface area contributed by atoms with Crippen molar-refractivity contribution in [3.8, 4) is 0 Å². The van der Waals surface area contributed by atoms with Crippen LogP contribution in [0.25, 0.3) is 0 Å². The van der Waals surface area contributed by atoms with Crippen LogP contribution in [0.3, 0.4) is 0 Å². The van der Waals surface area contributed by atoms with Crippen LogP contribution in [0.5, 0.6) is 0 Å². The highest BCUT2D eigenvalue weighted by atomic mass is 35.5. The lowest BCUT2D eigenvalue weighted by molar-refractivity contribution is 0.245. The summed E-state index contributed by atoms with van der Waals surface area (Å²) in [5, 5.41) is 0.129. The molecule has 1 aromatic carbocycles. The quantitative estimate of drug-likeness (QED) is 0.610. The molecule has 0 N–H and O–H groups in total. The summed E-state index contributed by atoms with van der Waals surface area (Å²) >= 11 is 6.58. The Hall–Kier alpha value is -0.490. The standard InChI is InChI=1S/C16H25Cl/c1-11-7-8-12(2)14(9-11)15(17)10-13(3)16(4,5)6/h7-9,13,15H,10H2,1-6H3. The molecule has 0 saturated carbocycles. The summed E-state index contributed by atoms with van der Waals surface area (Å²) in [7, 11) is 0. The molecule has 1 rings (SSSR count). The van der Waals surface area contributed by atoms with Crippen LogP contribution in [-0.2, 0) is 0 Å². The van der Waals surface area contributed by atoms with E-state index in [9.17, 15) is 0 Å². The van der Waals surface area contributed by atoms with Gasteiger partial charge in [0.05, 0.1) is 5.38 Å². The second kappa shape index (κ2) is 5.44. The third kappa shape index (κ3) is 4.03. The number of aryl methyl sites for hydroxylation is 2. The molecule has 2 atom stereocenters. The van der Waals surface area contributed by atoms with Crippen LogP contribution in [0, 0.1) is 25.2 Å². The van der Waals surface area contributed by atoms with Crippen LogP contribution in [0.15, 0.2) is 18.2 Å². The van der Waals surface area contributed by atoms with Crippen molar-refractivity contribution < 1.29 is 0 Å². The van der Waals surface area contributed by atoms with E-state index in [4.69, 9.17) is 11.6 Å². The first-order valence-electron chi connectivity index (χ1n) is 6.43. The number of hydrogen-bond donors (Lipinski definition) is 0. The SMILES string of the molecule is Cc1ccc(C)c(C(Cl)CC(C)C(C)(C)C)c1. The van der Waals surface area contributed by atoms with Crippen molar-refractivity contribution in [2.75, 3.05) is 0 Å². The van der Waals surface area contributed by atoms with E-state index < -0.39 is 0 Å². The average molecular weight is 253 g/mol. The Labute approximate surface area is 111 Å². The summed E-state index contributed by atoms with van der Waals surface area (Å²) in [6.07, 6.45) is 1.04. The van der Waals surface area contributed by atoms with Gasteiger partial charge >= 0.3 is 0 Å². The first-order chi connectivity index (χ1) is 7.71. The van der Waals surface area contributed by atoms with Crippen molar-refractivity contribution in [1.82, 2.24) is 0 Å². The minimum absolute atomic E-state index is 0.129. The van der Waals surface area contributed by atoms with Crippen LogP contribution in [0.2, 0.25) is 0 Å². The van der Waals surface area contributed by atoms with Gasteiger partial charge in [-0.25, -0.2) is 0 Å². The molecule has 0 aliphatic carbocycles. The lowest BCUT2D eigenvalue weighted by Crippen LogP contribution is -2.18. The van der Waals surface area contributed by atoms with Crippen LogP contribution in [-0.4, -0.2) is 0 Å². The summed E-state index contributed by atoms with van der Waals surface area (Å²) in [6, 6.07) is 6.54. The first-order valence-corrected chi connectivity index (χ1v) is 6.86. The molecule has 17 heavy (non-hydrogen) atoms. The van der Waals surface area contributed by atoms with Gasteiger partial charge in [0.2, 0.25) is 0 Å². The average Bonchev–Trinajstić information content (AvgIpc) is 2.20. The number of alkyl halides is 1. The van der Waals surface area contributed by atoms with Gasteiger partial charge in [0.25, 0.3) is 0 Å². The van der Waals surface area contributed by atoms with E-state index in [1.54, 1.807) is 0 Å². The molecule has 0 aliphatic rings. The summed E-state index contributed by atoms with van der Waals surface area (Å²) in [6.45, 7) is 13.4. The van der Waals surface area contributed by atoms with Gasteiger partial charge < -0.3 is 0 Å². The predicted octanol–water partition coefficient (Wildman–Crippen LogP) is 5.66. The fourth-order valence-corrected chi connectivity index (χ4v) is 2.39. The van der Waals surface area contributed by atoms with E-state index in [2.05, 4.69) is 59.7 Å². The topological polar surface area (TPSA) is 0 Å². The van der Waals surface area contributed by atoms with Gasteiger partial charge in [-0.2, -0.15) is 0 Å². The summed E-state index contributed by atoms with van der Waals surface area (Å²) in [4.78, 5) is 0. The Kier molecular flexibility index (Phi) is 4.66. The number of halogens is 1. The zero-order chi connectivity index (χ0) is 13.2. The molecule has 0 radical (unpaired) electrons.